The standard InChI is InChI=1S/C19H24N2O6S/c1-13(2)18(19(22)20-23)21(3)28(24,25)17-11-9-16(10-12-17)27-15-7-5-14(26-4)6-8-15/h5-13,18,23H,1-4H3,(H,20,22)/t18-/m1/s1. The van der Waals surface area contributed by atoms with Crippen molar-refractivity contribution in [1.29, 1.82) is 0 Å². The number of carbonyl (C=O) groups is 1. The molecule has 1 atom stereocenters. The molecule has 0 radical (unpaired) electrons. The Hall–Kier alpha value is -2.62. The van der Waals surface area contributed by atoms with Gasteiger partial charge >= 0.3 is 0 Å². The molecule has 2 aromatic rings. The van der Waals surface area contributed by atoms with Crippen molar-refractivity contribution in [2.75, 3.05) is 14.2 Å². The molecule has 0 unspecified atom stereocenters. The number of hydrogen-bond acceptors (Lipinski definition) is 6. The summed E-state index contributed by atoms with van der Waals surface area (Å²) in [5, 5.41) is 8.90. The number of carbonyl (C=O) groups excluding carboxylic acids is 1. The van der Waals surface area contributed by atoms with E-state index in [1.807, 2.05) is 0 Å². The van der Waals surface area contributed by atoms with Gasteiger partial charge in [-0.15, -0.1) is 0 Å². The van der Waals surface area contributed by atoms with E-state index in [1.165, 1.54) is 36.8 Å². The number of hydroxylamine groups is 1. The highest BCUT2D eigenvalue weighted by Crippen LogP contribution is 2.26. The van der Waals surface area contributed by atoms with Crippen LogP contribution in [0.25, 0.3) is 0 Å². The molecule has 2 rings (SSSR count). The Balaban J connectivity index is 2.21. The van der Waals surface area contributed by atoms with Crippen LogP contribution < -0.4 is 15.0 Å². The SMILES string of the molecule is COc1ccc(Oc2ccc(S(=O)(=O)N(C)[C@@H](C(=O)NO)C(C)C)cc2)cc1. The molecule has 0 saturated carbocycles. The molecule has 9 heteroatoms. The Morgan fingerprint density at radius 2 is 1.46 bits per heavy atom. The molecule has 0 aliphatic carbocycles. The summed E-state index contributed by atoms with van der Waals surface area (Å²) in [5.74, 6) is 0.599. The van der Waals surface area contributed by atoms with Crippen LogP contribution in [0.1, 0.15) is 13.8 Å². The van der Waals surface area contributed by atoms with Gasteiger partial charge in [0.2, 0.25) is 10.0 Å². The lowest BCUT2D eigenvalue weighted by atomic mass is 10.0. The van der Waals surface area contributed by atoms with Crippen LogP contribution in [0.4, 0.5) is 0 Å². The highest BCUT2D eigenvalue weighted by molar-refractivity contribution is 7.89. The van der Waals surface area contributed by atoms with Crippen LogP contribution in [0.5, 0.6) is 17.2 Å². The number of likely N-dealkylation sites (N-methyl/N-ethyl adjacent to an activating group) is 1. The average Bonchev–Trinajstić information content (AvgIpc) is 2.68. The summed E-state index contributed by atoms with van der Waals surface area (Å²) in [6, 6.07) is 11.8. The summed E-state index contributed by atoms with van der Waals surface area (Å²) in [6.45, 7) is 3.38. The van der Waals surface area contributed by atoms with Crippen molar-refractivity contribution >= 4 is 15.9 Å². The van der Waals surface area contributed by atoms with Gasteiger partial charge in [0.25, 0.3) is 5.91 Å². The van der Waals surface area contributed by atoms with Crippen molar-refractivity contribution in [2.45, 2.75) is 24.8 Å². The number of ether oxygens (including phenoxy) is 2. The fourth-order valence-electron chi connectivity index (χ4n) is 2.73. The topological polar surface area (TPSA) is 105 Å². The summed E-state index contributed by atoms with van der Waals surface area (Å²) >= 11 is 0. The van der Waals surface area contributed by atoms with Gasteiger partial charge in [0.1, 0.15) is 23.3 Å². The number of rotatable bonds is 8. The molecule has 0 saturated heterocycles. The Kier molecular flexibility index (Phi) is 7.00. The van der Waals surface area contributed by atoms with Gasteiger partial charge in [-0.25, -0.2) is 13.9 Å². The third kappa shape index (κ3) is 4.80. The zero-order valence-corrected chi connectivity index (χ0v) is 16.9. The van der Waals surface area contributed by atoms with Gasteiger partial charge in [-0.1, -0.05) is 13.8 Å². The van der Waals surface area contributed by atoms with Gasteiger partial charge in [0.05, 0.1) is 12.0 Å². The Morgan fingerprint density at radius 3 is 1.89 bits per heavy atom. The molecule has 8 nitrogen and oxygen atoms in total. The monoisotopic (exact) mass is 408 g/mol. The lowest BCUT2D eigenvalue weighted by Crippen LogP contribution is -2.49. The summed E-state index contributed by atoms with van der Waals surface area (Å²) in [4.78, 5) is 11.9. The third-order valence-corrected chi connectivity index (χ3v) is 6.05. The largest absolute Gasteiger partial charge is 0.497 e. The molecule has 0 aliphatic heterocycles. The molecule has 1 amide bonds. The minimum Gasteiger partial charge on any atom is -0.497 e. The number of nitrogens with one attached hydrogen (secondary N) is 1. The zero-order chi connectivity index (χ0) is 20.9. The maximum Gasteiger partial charge on any atom is 0.262 e. The fourth-order valence-corrected chi connectivity index (χ4v) is 4.18. The predicted octanol–water partition coefficient (Wildman–Crippen LogP) is 2.64. The molecule has 0 fully saturated rings. The number of amides is 1. The van der Waals surface area contributed by atoms with Crippen molar-refractivity contribution < 1.29 is 27.9 Å². The number of sulfonamides is 1. The van der Waals surface area contributed by atoms with E-state index in [9.17, 15) is 13.2 Å². The molecular weight excluding hydrogens is 384 g/mol. The van der Waals surface area contributed by atoms with Crippen molar-refractivity contribution in [2.24, 2.45) is 5.92 Å². The predicted molar refractivity (Wildman–Crippen MR) is 103 cm³/mol. The van der Waals surface area contributed by atoms with Crippen LogP contribution in [-0.4, -0.2) is 44.0 Å². The molecule has 0 heterocycles. The van der Waals surface area contributed by atoms with Crippen molar-refractivity contribution in [3.05, 3.63) is 48.5 Å². The first kappa shape index (κ1) is 21.7. The second-order valence-corrected chi connectivity index (χ2v) is 8.43. The first-order valence-corrected chi connectivity index (χ1v) is 9.98. The first-order chi connectivity index (χ1) is 13.2. The molecule has 2 N–H and O–H groups in total. The molecule has 0 spiro atoms. The van der Waals surface area contributed by atoms with E-state index in [-0.39, 0.29) is 10.8 Å². The van der Waals surface area contributed by atoms with Gasteiger partial charge in [-0.05, 0) is 54.4 Å². The van der Waals surface area contributed by atoms with E-state index in [4.69, 9.17) is 14.7 Å². The summed E-state index contributed by atoms with van der Waals surface area (Å²) in [5.41, 5.74) is 1.52. The quantitative estimate of drug-likeness (QED) is 0.514. The highest BCUT2D eigenvalue weighted by atomic mass is 32.2. The van der Waals surface area contributed by atoms with E-state index >= 15 is 0 Å². The normalized spacial score (nSPS) is 12.7. The molecule has 0 aromatic heterocycles. The van der Waals surface area contributed by atoms with Gasteiger partial charge < -0.3 is 9.47 Å². The Labute approximate surface area is 164 Å². The van der Waals surface area contributed by atoms with E-state index < -0.39 is 22.0 Å². The maximum atomic E-state index is 12.8. The number of hydrogen-bond donors (Lipinski definition) is 2. The Bertz CT molecular complexity index is 895. The lowest BCUT2D eigenvalue weighted by molar-refractivity contribution is -0.134. The summed E-state index contributed by atoms with van der Waals surface area (Å²) in [7, 11) is -1.08. The van der Waals surface area contributed by atoms with Gasteiger partial charge in [-0.2, -0.15) is 4.31 Å². The zero-order valence-electron chi connectivity index (χ0n) is 16.1. The molecular formula is C19H24N2O6S. The summed E-state index contributed by atoms with van der Waals surface area (Å²) in [6.07, 6.45) is 0. The molecule has 0 bridgehead atoms. The van der Waals surface area contributed by atoms with E-state index in [0.29, 0.717) is 17.2 Å². The number of benzene rings is 2. The van der Waals surface area contributed by atoms with Gasteiger partial charge in [-0.3, -0.25) is 10.0 Å². The molecule has 0 aliphatic rings. The maximum absolute atomic E-state index is 12.8. The lowest BCUT2D eigenvalue weighted by Gasteiger charge is -2.28. The highest BCUT2D eigenvalue weighted by Gasteiger charge is 2.34. The van der Waals surface area contributed by atoms with E-state index in [0.717, 1.165) is 4.31 Å². The summed E-state index contributed by atoms with van der Waals surface area (Å²) < 4.78 is 37.4. The number of methoxy groups -OCH3 is 1. The average molecular weight is 408 g/mol. The smallest absolute Gasteiger partial charge is 0.262 e. The minimum atomic E-state index is -3.95. The van der Waals surface area contributed by atoms with Gasteiger partial charge in [0, 0.05) is 7.05 Å². The van der Waals surface area contributed by atoms with Crippen molar-refractivity contribution in [3.63, 3.8) is 0 Å². The number of nitrogens with zero attached hydrogens (tertiary/aromatic N) is 1. The van der Waals surface area contributed by atoms with E-state index in [2.05, 4.69) is 0 Å². The fraction of sp³-hybridized carbons (Fsp3) is 0.316. The molecule has 28 heavy (non-hydrogen) atoms. The van der Waals surface area contributed by atoms with Crippen molar-refractivity contribution in [3.8, 4) is 17.2 Å². The second kappa shape index (κ2) is 9.05. The van der Waals surface area contributed by atoms with Crippen LogP contribution in [-0.2, 0) is 14.8 Å². The second-order valence-electron chi connectivity index (χ2n) is 6.44. The molecule has 152 valence electrons. The van der Waals surface area contributed by atoms with Crippen LogP contribution in [0, 0.1) is 5.92 Å². The third-order valence-electron chi connectivity index (χ3n) is 4.20. The van der Waals surface area contributed by atoms with Crippen LogP contribution in [0.3, 0.4) is 0 Å². The van der Waals surface area contributed by atoms with Crippen molar-refractivity contribution in [1.82, 2.24) is 9.79 Å². The Morgan fingerprint density at radius 1 is 1.00 bits per heavy atom. The van der Waals surface area contributed by atoms with Crippen LogP contribution in [0.15, 0.2) is 53.4 Å². The van der Waals surface area contributed by atoms with Crippen LogP contribution >= 0.6 is 0 Å². The van der Waals surface area contributed by atoms with Crippen LogP contribution in [0.2, 0.25) is 0 Å². The minimum absolute atomic E-state index is 0.00784. The first-order valence-electron chi connectivity index (χ1n) is 8.54. The molecule has 2 aromatic carbocycles. The van der Waals surface area contributed by atoms with E-state index in [1.54, 1.807) is 45.2 Å². The van der Waals surface area contributed by atoms with Gasteiger partial charge in [0.15, 0.2) is 0 Å².